The maximum absolute atomic E-state index is 12.4. The van der Waals surface area contributed by atoms with Crippen LogP contribution in [0.1, 0.15) is 51.5 Å². The van der Waals surface area contributed by atoms with Crippen molar-refractivity contribution in [2.75, 3.05) is 20.3 Å². The molecule has 1 aromatic heterocycles. The van der Waals surface area contributed by atoms with Crippen molar-refractivity contribution >= 4 is 11.5 Å². The second-order valence-corrected chi connectivity index (χ2v) is 10.0. The monoisotopic (exact) mass is 380 g/mol. The molecule has 28 heavy (non-hydrogen) atoms. The molecule has 2 heterocycles. The number of fused-ring (bicyclic) bond motifs is 5. The van der Waals surface area contributed by atoms with Crippen LogP contribution in [0, 0.1) is 28.6 Å². The van der Waals surface area contributed by atoms with E-state index in [1.807, 2.05) is 24.3 Å². The molecule has 1 amide bonds. The Morgan fingerprint density at radius 2 is 2.07 bits per heavy atom. The van der Waals surface area contributed by atoms with Crippen molar-refractivity contribution in [1.82, 2.24) is 9.88 Å². The molecule has 0 radical (unpaired) electrons. The van der Waals surface area contributed by atoms with E-state index in [-0.39, 0.29) is 23.3 Å². The lowest BCUT2D eigenvalue weighted by molar-refractivity contribution is -0.137. The van der Waals surface area contributed by atoms with Crippen molar-refractivity contribution in [2.24, 2.45) is 28.6 Å². The van der Waals surface area contributed by atoms with Gasteiger partial charge in [-0.1, -0.05) is 26.0 Å². The third-order valence-electron chi connectivity index (χ3n) is 8.87. The zero-order chi connectivity index (χ0) is 19.5. The summed E-state index contributed by atoms with van der Waals surface area (Å²) in [6.07, 6.45) is 12.4. The maximum atomic E-state index is 12.4. The standard InChI is InChI=1S/C24H32N2O2/c1-23-11-10-20-17(19(23)8-7-18(23)16-5-4-12-25-13-16)6-9-21-24(20,2)15-28-14-22(27)26(21)3/h4-5,7,12-13,17,19-21H,6,8-11,14-15H2,1-3H3/t17-,19-,20-,21?,23+,24+/m0/s1. The van der Waals surface area contributed by atoms with Gasteiger partial charge >= 0.3 is 0 Å². The van der Waals surface area contributed by atoms with Crippen molar-refractivity contribution < 1.29 is 9.53 Å². The topological polar surface area (TPSA) is 42.4 Å². The molecule has 5 rings (SSSR count). The van der Waals surface area contributed by atoms with E-state index in [0.29, 0.717) is 17.9 Å². The van der Waals surface area contributed by atoms with Gasteiger partial charge in [0.1, 0.15) is 6.61 Å². The van der Waals surface area contributed by atoms with Crippen LogP contribution in [0.15, 0.2) is 30.6 Å². The molecule has 0 N–H and O–H groups in total. The highest BCUT2D eigenvalue weighted by atomic mass is 16.5. The Balaban J connectivity index is 1.46. The zero-order valence-electron chi connectivity index (χ0n) is 17.4. The van der Waals surface area contributed by atoms with Gasteiger partial charge in [-0.2, -0.15) is 0 Å². The number of carbonyl (C=O) groups excluding carboxylic acids is 1. The summed E-state index contributed by atoms with van der Waals surface area (Å²) in [5.74, 6) is 2.20. The second-order valence-electron chi connectivity index (χ2n) is 10.0. The van der Waals surface area contributed by atoms with Crippen LogP contribution in [-0.2, 0) is 9.53 Å². The Morgan fingerprint density at radius 1 is 1.21 bits per heavy atom. The third-order valence-corrected chi connectivity index (χ3v) is 8.87. The predicted octanol–water partition coefficient (Wildman–Crippen LogP) is 4.17. The third kappa shape index (κ3) is 2.46. The van der Waals surface area contributed by atoms with Gasteiger partial charge in [-0.05, 0) is 72.5 Å². The van der Waals surface area contributed by atoms with E-state index < -0.39 is 0 Å². The number of allylic oxidation sites excluding steroid dienone is 2. The quantitative estimate of drug-likeness (QED) is 0.734. The molecule has 3 aliphatic carbocycles. The van der Waals surface area contributed by atoms with Gasteiger partial charge in [-0.3, -0.25) is 9.78 Å². The Morgan fingerprint density at radius 3 is 2.86 bits per heavy atom. The highest BCUT2D eigenvalue weighted by Crippen LogP contribution is 2.65. The van der Waals surface area contributed by atoms with Gasteiger partial charge in [-0.25, -0.2) is 0 Å². The van der Waals surface area contributed by atoms with Crippen LogP contribution in [-0.4, -0.2) is 42.1 Å². The summed E-state index contributed by atoms with van der Waals surface area (Å²) in [4.78, 5) is 18.8. The first-order valence-electron chi connectivity index (χ1n) is 10.9. The minimum Gasteiger partial charge on any atom is -0.371 e. The fourth-order valence-electron chi connectivity index (χ4n) is 7.45. The zero-order valence-corrected chi connectivity index (χ0v) is 17.4. The van der Waals surface area contributed by atoms with Crippen LogP contribution in [0.2, 0.25) is 0 Å². The molecule has 4 aliphatic rings. The molecule has 0 bridgehead atoms. The summed E-state index contributed by atoms with van der Waals surface area (Å²) < 4.78 is 5.91. The number of rotatable bonds is 1. The molecule has 0 aromatic carbocycles. The van der Waals surface area contributed by atoms with Crippen LogP contribution >= 0.6 is 0 Å². The van der Waals surface area contributed by atoms with E-state index in [4.69, 9.17) is 4.74 Å². The lowest BCUT2D eigenvalue weighted by atomic mass is 9.48. The van der Waals surface area contributed by atoms with Crippen molar-refractivity contribution in [3.8, 4) is 0 Å². The van der Waals surface area contributed by atoms with Crippen LogP contribution in [0.25, 0.3) is 5.57 Å². The minimum absolute atomic E-state index is 0.0716. The number of nitrogens with zero attached hydrogens (tertiary/aromatic N) is 2. The smallest absolute Gasteiger partial charge is 0.248 e. The molecule has 1 aromatic rings. The van der Waals surface area contributed by atoms with Crippen LogP contribution in [0.3, 0.4) is 0 Å². The Bertz CT molecular complexity index is 806. The Kier molecular flexibility index (Phi) is 4.20. The van der Waals surface area contributed by atoms with E-state index in [1.54, 1.807) is 0 Å². The van der Waals surface area contributed by atoms with Crippen LogP contribution < -0.4 is 0 Å². The molecular weight excluding hydrogens is 348 g/mol. The van der Waals surface area contributed by atoms with Crippen molar-refractivity contribution in [2.45, 2.75) is 52.0 Å². The average Bonchev–Trinajstić information content (AvgIpc) is 3.00. The van der Waals surface area contributed by atoms with E-state index in [2.05, 4.69) is 37.0 Å². The number of likely N-dealkylation sites (N-methyl/N-ethyl adjacent to an activating group) is 1. The summed E-state index contributed by atoms with van der Waals surface area (Å²) in [5.41, 5.74) is 3.14. The molecular formula is C24H32N2O2. The van der Waals surface area contributed by atoms with Gasteiger partial charge in [0.2, 0.25) is 5.91 Å². The van der Waals surface area contributed by atoms with E-state index in [0.717, 1.165) is 18.9 Å². The number of amides is 1. The summed E-state index contributed by atoms with van der Waals surface area (Å²) >= 11 is 0. The van der Waals surface area contributed by atoms with Crippen molar-refractivity contribution in [3.63, 3.8) is 0 Å². The number of pyridine rings is 1. The van der Waals surface area contributed by atoms with Gasteiger partial charge in [0.05, 0.1) is 6.61 Å². The largest absolute Gasteiger partial charge is 0.371 e. The van der Waals surface area contributed by atoms with Gasteiger partial charge in [0, 0.05) is 30.9 Å². The predicted molar refractivity (Wildman–Crippen MR) is 109 cm³/mol. The van der Waals surface area contributed by atoms with E-state index in [1.165, 1.54) is 36.8 Å². The summed E-state index contributed by atoms with van der Waals surface area (Å²) in [7, 11) is 1.99. The fourth-order valence-corrected chi connectivity index (χ4v) is 7.45. The molecule has 4 nitrogen and oxygen atoms in total. The SMILES string of the molecule is CN1C(=O)COC[C@@]2(C)C1CC[C@@H]1[C@@H]2CC[C@]2(C)C(c3cccnc3)=CC[C@@H]12. The van der Waals surface area contributed by atoms with Crippen molar-refractivity contribution in [1.29, 1.82) is 0 Å². The fraction of sp³-hybridized carbons (Fsp3) is 0.667. The van der Waals surface area contributed by atoms with Gasteiger partial charge in [0.15, 0.2) is 0 Å². The molecule has 150 valence electrons. The number of carbonyl (C=O) groups is 1. The average molecular weight is 381 g/mol. The van der Waals surface area contributed by atoms with Crippen LogP contribution in [0.4, 0.5) is 0 Å². The van der Waals surface area contributed by atoms with E-state index in [9.17, 15) is 4.79 Å². The molecule has 1 saturated heterocycles. The number of ether oxygens (including phenoxy) is 1. The highest BCUT2D eigenvalue weighted by molar-refractivity contribution is 5.78. The maximum Gasteiger partial charge on any atom is 0.248 e. The van der Waals surface area contributed by atoms with Crippen molar-refractivity contribution in [3.05, 3.63) is 36.2 Å². The number of aromatic nitrogens is 1. The molecule has 6 atom stereocenters. The summed E-state index contributed by atoms with van der Waals surface area (Å²) in [6, 6.07) is 4.59. The number of hydrogen-bond donors (Lipinski definition) is 0. The molecule has 1 unspecified atom stereocenters. The molecule has 4 heteroatoms. The lowest BCUT2D eigenvalue weighted by Gasteiger charge is -2.59. The molecule has 0 spiro atoms. The minimum atomic E-state index is 0.0716. The Labute approximate surface area is 168 Å². The lowest BCUT2D eigenvalue weighted by Crippen LogP contribution is -2.58. The first kappa shape index (κ1) is 18.4. The first-order chi connectivity index (χ1) is 13.4. The molecule has 2 saturated carbocycles. The number of hydrogen-bond acceptors (Lipinski definition) is 3. The van der Waals surface area contributed by atoms with Crippen LogP contribution in [0.5, 0.6) is 0 Å². The summed E-state index contributed by atoms with van der Waals surface area (Å²) in [6.45, 7) is 5.86. The molecule has 1 aliphatic heterocycles. The van der Waals surface area contributed by atoms with Gasteiger partial charge in [-0.15, -0.1) is 0 Å². The van der Waals surface area contributed by atoms with Gasteiger partial charge in [0.25, 0.3) is 0 Å². The summed E-state index contributed by atoms with van der Waals surface area (Å²) in [5, 5.41) is 0. The second kappa shape index (κ2) is 6.41. The van der Waals surface area contributed by atoms with E-state index >= 15 is 0 Å². The normalized spacial score (nSPS) is 42.9. The Hall–Kier alpha value is -1.68. The highest BCUT2D eigenvalue weighted by Gasteiger charge is 2.59. The first-order valence-corrected chi connectivity index (χ1v) is 10.9. The molecule has 3 fully saturated rings. The van der Waals surface area contributed by atoms with Gasteiger partial charge < -0.3 is 9.64 Å².